The fraction of sp³-hybridized carbons (Fsp3) is 0.500. The third-order valence-electron chi connectivity index (χ3n) is 3.54. The number of rotatable bonds is 5. The molecule has 0 aliphatic heterocycles. The number of nitrogens with one attached hydrogen (secondary N) is 2. The lowest BCUT2D eigenvalue weighted by Crippen LogP contribution is -2.46. The quantitative estimate of drug-likeness (QED) is 0.758. The second kappa shape index (κ2) is 6.36. The number of anilines is 1. The number of pyridine rings is 1. The number of aryl methyl sites for hydroxylation is 1. The van der Waals surface area contributed by atoms with Crippen molar-refractivity contribution in [2.24, 2.45) is 11.7 Å². The van der Waals surface area contributed by atoms with E-state index in [0.29, 0.717) is 18.2 Å². The number of nitrogens with two attached hydrogens (primary N) is 1. The van der Waals surface area contributed by atoms with E-state index in [1.165, 1.54) is 0 Å². The second-order valence-corrected chi connectivity index (χ2v) is 5.21. The lowest BCUT2D eigenvalue weighted by atomic mass is 9.78. The normalized spacial score (nSPS) is 20.9. The average Bonchev–Trinajstić information content (AvgIpc) is 2.36. The molecule has 0 aromatic carbocycles. The monoisotopic (exact) mass is 276 g/mol. The van der Waals surface area contributed by atoms with E-state index >= 15 is 0 Å². The summed E-state index contributed by atoms with van der Waals surface area (Å²) >= 11 is 0. The summed E-state index contributed by atoms with van der Waals surface area (Å²) < 4.78 is 0. The van der Waals surface area contributed by atoms with Crippen molar-refractivity contribution in [1.29, 1.82) is 0 Å². The first-order chi connectivity index (χ1) is 9.56. The zero-order valence-corrected chi connectivity index (χ0v) is 11.6. The predicted molar refractivity (Wildman–Crippen MR) is 76.1 cm³/mol. The predicted octanol–water partition coefficient (Wildman–Crippen LogP) is 1.42. The molecule has 1 fully saturated rings. The first-order valence-electron chi connectivity index (χ1n) is 6.87. The van der Waals surface area contributed by atoms with E-state index in [0.717, 1.165) is 24.8 Å². The van der Waals surface area contributed by atoms with Gasteiger partial charge in [0.2, 0.25) is 5.91 Å². The number of primary amides is 1. The maximum absolute atomic E-state index is 11.7. The molecule has 1 saturated carbocycles. The highest BCUT2D eigenvalue weighted by atomic mass is 16.2. The van der Waals surface area contributed by atoms with Crippen LogP contribution < -0.4 is 16.4 Å². The van der Waals surface area contributed by atoms with Crippen molar-refractivity contribution in [1.82, 2.24) is 10.3 Å². The highest BCUT2D eigenvalue weighted by molar-refractivity contribution is 5.88. The Balaban J connectivity index is 1.72. The largest absolute Gasteiger partial charge is 0.370 e. The Bertz CT molecular complexity index is 480. The maximum Gasteiger partial charge on any atom is 0.320 e. The van der Waals surface area contributed by atoms with Crippen molar-refractivity contribution in [3.05, 3.63) is 23.9 Å². The Hall–Kier alpha value is -2.11. The summed E-state index contributed by atoms with van der Waals surface area (Å²) in [5, 5.41) is 5.55. The number of amides is 3. The van der Waals surface area contributed by atoms with E-state index in [9.17, 15) is 9.59 Å². The van der Waals surface area contributed by atoms with Gasteiger partial charge in [0, 0.05) is 18.7 Å². The smallest absolute Gasteiger partial charge is 0.320 e. The van der Waals surface area contributed by atoms with E-state index in [1.54, 1.807) is 12.3 Å². The lowest BCUT2D eigenvalue weighted by Gasteiger charge is -2.35. The summed E-state index contributed by atoms with van der Waals surface area (Å²) in [4.78, 5) is 26.6. The van der Waals surface area contributed by atoms with E-state index in [1.807, 2.05) is 6.07 Å². The summed E-state index contributed by atoms with van der Waals surface area (Å²) in [6.07, 6.45) is 4.68. The molecule has 0 bridgehead atoms. The summed E-state index contributed by atoms with van der Waals surface area (Å²) in [5.41, 5.74) is 6.26. The zero-order chi connectivity index (χ0) is 14.5. The molecule has 1 aromatic heterocycles. The minimum atomic E-state index is -0.280. The first kappa shape index (κ1) is 14.3. The number of hydrogen-bond donors (Lipinski definition) is 3. The van der Waals surface area contributed by atoms with Gasteiger partial charge in [-0.25, -0.2) is 9.78 Å². The van der Waals surface area contributed by atoms with Gasteiger partial charge in [0.05, 0.1) is 0 Å². The summed E-state index contributed by atoms with van der Waals surface area (Å²) in [5.74, 6) is 0.561. The topological polar surface area (TPSA) is 97.1 Å². The molecular weight excluding hydrogens is 256 g/mol. The van der Waals surface area contributed by atoms with Crippen molar-refractivity contribution in [2.75, 3.05) is 5.32 Å². The van der Waals surface area contributed by atoms with Crippen LogP contribution in [0.15, 0.2) is 18.3 Å². The molecule has 108 valence electrons. The van der Waals surface area contributed by atoms with Gasteiger partial charge in [-0.15, -0.1) is 0 Å². The highest BCUT2D eigenvalue weighted by Crippen LogP contribution is 2.29. The summed E-state index contributed by atoms with van der Waals surface area (Å²) in [6.45, 7) is 2.05. The molecule has 1 heterocycles. The van der Waals surface area contributed by atoms with Crippen molar-refractivity contribution in [3.63, 3.8) is 0 Å². The molecule has 20 heavy (non-hydrogen) atoms. The van der Waals surface area contributed by atoms with Gasteiger partial charge in [0.25, 0.3) is 0 Å². The SMILES string of the molecule is CCc1ccc(NC(=O)NC2CC(CC(N)=O)C2)nc1. The van der Waals surface area contributed by atoms with Crippen LogP contribution in [0.1, 0.15) is 31.7 Å². The van der Waals surface area contributed by atoms with Crippen molar-refractivity contribution < 1.29 is 9.59 Å². The minimum absolute atomic E-state index is 0.120. The van der Waals surface area contributed by atoms with Gasteiger partial charge in [0.15, 0.2) is 0 Å². The van der Waals surface area contributed by atoms with E-state index in [-0.39, 0.29) is 18.0 Å². The molecule has 4 N–H and O–H groups in total. The van der Waals surface area contributed by atoms with Crippen LogP contribution in [0.3, 0.4) is 0 Å². The maximum atomic E-state index is 11.7. The number of carbonyl (C=O) groups excluding carboxylic acids is 2. The van der Waals surface area contributed by atoms with Crippen LogP contribution in [0.2, 0.25) is 0 Å². The molecule has 2 rings (SSSR count). The first-order valence-corrected chi connectivity index (χ1v) is 6.87. The molecule has 6 nitrogen and oxygen atoms in total. The molecule has 0 radical (unpaired) electrons. The Morgan fingerprint density at radius 1 is 1.40 bits per heavy atom. The van der Waals surface area contributed by atoms with Crippen molar-refractivity contribution >= 4 is 17.8 Å². The van der Waals surface area contributed by atoms with Crippen molar-refractivity contribution in [3.8, 4) is 0 Å². The number of hydrogen-bond acceptors (Lipinski definition) is 3. The van der Waals surface area contributed by atoms with Crippen LogP contribution in [0, 0.1) is 5.92 Å². The third-order valence-corrected chi connectivity index (χ3v) is 3.54. The molecule has 3 amide bonds. The minimum Gasteiger partial charge on any atom is -0.370 e. The van der Waals surface area contributed by atoms with E-state index in [2.05, 4.69) is 22.5 Å². The summed E-state index contributed by atoms with van der Waals surface area (Å²) in [7, 11) is 0. The molecule has 1 aliphatic carbocycles. The molecule has 0 unspecified atom stereocenters. The van der Waals surface area contributed by atoms with Crippen LogP contribution in [0.25, 0.3) is 0 Å². The Morgan fingerprint density at radius 2 is 2.15 bits per heavy atom. The van der Waals surface area contributed by atoms with E-state index in [4.69, 9.17) is 5.73 Å². The van der Waals surface area contributed by atoms with Crippen molar-refractivity contribution in [2.45, 2.75) is 38.6 Å². The van der Waals surface area contributed by atoms with Crippen LogP contribution in [0.4, 0.5) is 10.6 Å². The van der Waals surface area contributed by atoms with Gasteiger partial charge in [-0.1, -0.05) is 13.0 Å². The third kappa shape index (κ3) is 3.94. The number of urea groups is 1. The number of aromatic nitrogens is 1. The van der Waals surface area contributed by atoms with Gasteiger partial charge in [-0.05, 0) is 36.8 Å². The van der Waals surface area contributed by atoms with Gasteiger partial charge < -0.3 is 11.1 Å². The molecule has 1 aromatic rings. The standard InChI is InChI=1S/C14H20N4O2/c1-2-9-3-4-13(16-8-9)18-14(20)17-11-5-10(6-11)7-12(15)19/h3-4,8,10-11H,2,5-7H2,1H3,(H2,15,19)(H2,16,17,18,20). The lowest BCUT2D eigenvalue weighted by molar-refractivity contribution is -0.119. The molecule has 0 atom stereocenters. The second-order valence-electron chi connectivity index (χ2n) is 5.21. The van der Waals surface area contributed by atoms with Crippen LogP contribution >= 0.6 is 0 Å². The summed E-state index contributed by atoms with van der Waals surface area (Å²) in [6, 6.07) is 3.59. The Labute approximate surface area is 118 Å². The highest BCUT2D eigenvalue weighted by Gasteiger charge is 2.31. The molecule has 0 spiro atoms. The zero-order valence-electron chi connectivity index (χ0n) is 11.6. The Morgan fingerprint density at radius 3 is 2.70 bits per heavy atom. The average molecular weight is 276 g/mol. The van der Waals surface area contributed by atoms with Gasteiger partial charge in [-0.3, -0.25) is 10.1 Å². The van der Waals surface area contributed by atoms with Crippen LogP contribution in [-0.4, -0.2) is 23.0 Å². The van der Waals surface area contributed by atoms with E-state index < -0.39 is 0 Å². The van der Waals surface area contributed by atoms with Gasteiger partial charge in [0.1, 0.15) is 5.82 Å². The van der Waals surface area contributed by atoms with Crippen LogP contribution in [-0.2, 0) is 11.2 Å². The van der Waals surface area contributed by atoms with Gasteiger partial charge >= 0.3 is 6.03 Å². The Kier molecular flexibility index (Phi) is 4.55. The number of nitrogens with zero attached hydrogens (tertiary/aromatic N) is 1. The molecule has 0 saturated heterocycles. The molecule has 1 aliphatic rings. The fourth-order valence-corrected chi connectivity index (χ4v) is 2.35. The number of carbonyl (C=O) groups is 2. The molecular formula is C14H20N4O2. The van der Waals surface area contributed by atoms with Crippen LogP contribution in [0.5, 0.6) is 0 Å². The molecule has 6 heteroatoms. The fourth-order valence-electron chi connectivity index (χ4n) is 2.35. The van der Waals surface area contributed by atoms with Gasteiger partial charge in [-0.2, -0.15) is 0 Å².